The minimum absolute atomic E-state index is 0.0616. The van der Waals surface area contributed by atoms with Crippen LogP contribution in [0, 0.1) is 5.92 Å². The number of fused-ring (bicyclic) bond motifs is 1. The number of hydrogen-bond donors (Lipinski definition) is 1. The molecule has 38 heavy (non-hydrogen) atoms. The van der Waals surface area contributed by atoms with Crippen LogP contribution in [0.2, 0.25) is 0 Å². The molecule has 2 aromatic rings. The SMILES string of the molecule is CCN(CC)CCN1C(=O)C(=O)/C(=C(/O)c2ccc3c(c2)C[C@H](C)O3)[C@H]1c1cccc(OCCC(C)C)c1. The molecule has 204 valence electrons. The van der Waals surface area contributed by atoms with Crippen molar-refractivity contribution in [2.75, 3.05) is 32.8 Å². The Balaban J connectivity index is 1.74. The maximum absolute atomic E-state index is 13.4. The Morgan fingerprint density at radius 1 is 1.16 bits per heavy atom. The molecule has 0 spiro atoms. The van der Waals surface area contributed by atoms with Crippen LogP contribution in [0.15, 0.2) is 48.0 Å². The van der Waals surface area contributed by atoms with Gasteiger partial charge in [-0.2, -0.15) is 0 Å². The zero-order valence-corrected chi connectivity index (χ0v) is 23.2. The fourth-order valence-corrected chi connectivity index (χ4v) is 5.16. The fourth-order valence-electron chi connectivity index (χ4n) is 5.16. The predicted molar refractivity (Wildman–Crippen MR) is 148 cm³/mol. The van der Waals surface area contributed by atoms with E-state index in [0.717, 1.165) is 42.8 Å². The van der Waals surface area contributed by atoms with Crippen molar-refractivity contribution in [3.63, 3.8) is 0 Å². The van der Waals surface area contributed by atoms with E-state index in [1.54, 1.807) is 11.0 Å². The van der Waals surface area contributed by atoms with Gasteiger partial charge in [-0.25, -0.2) is 0 Å². The lowest BCUT2D eigenvalue weighted by molar-refractivity contribution is -0.140. The average molecular weight is 521 g/mol. The summed E-state index contributed by atoms with van der Waals surface area (Å²) < 4.78 is 11.8. The van der Waals surface area contributed by atoms with Crippen LogP contribution < -0.4 is 9.47 Å². The van der Waals surface area contributed by atoms with Gasteiger partial charge < -0.3 is 24.4 Å². The van der Waals surface area contributed by atoms with Gasteiger partial charge in [0.2, 0.25) is 0 Å². The molecule has 2 atom stereocenters. The van der Waals surface area contributed by atoms with Crippen LogP contribution in [0.4, 0.5) is 0 Å². The number of carbonyl (C=O) groups is 2. The number of benzene rings is 2. The number of Topliss-reactive ketones (excluding diaryl/α,β-unsaturated/α-hetero) is 1. The highest BCUT2D eigenvalue weighted by Crippen LogP contribution is 2.41. The molecule has 7 nitrogen and oxygen atoms in total. The van der Waals surface area contributed by atoms with Gasteiger partial charge in [-0.3, -0.25) is 9.59 Å². The summed E-state index contributed by atoms with van der Waals surface area (Å²) in [5, 5.41) is 11.5. The van der Waals surface area contributed by atoms with E-state index >= 15 is 0 Å². The molecular weight excluding hydrogens is 480 g/mol. The van der Waals surface area contributed by atoms with Crippen LogP contribution in [0.5, 0.6) is 11.5 Å². The van der Waals surface area contributed by atoms with Crippen LogP contribution in [0.1, 0.15) is 63.8 Å². The molecule has 2 aromatic carbocycles. The molecule has 7 heteroatoms. The summed E-state index contributed by atoms with van der Waals surface area (Å²) in [5.74, 6) is 0.576. The van der Waals surface area contributed by atoms with E-state index in [1.165, 1.54) is 0 Å². The highest BCUT2D eigenvalue weighted by molar-refractivity contribution is 6.46. The molecule has 1 amide bonds. The standard InChI is InChI=1S/C31H40N2O5/c1-6-32(7-2)14-15-33-28(22-9-8-10-25(19-22)37-16-13-20(3)4)27(30(35)31(33)36)29(34)23-11-12-26-24(18-23)17-21(5)38-26/h8-12,18-21,28,34H,6-7,13-17H2,1-5H3/b29-27+/t21-,28+/m0/s1. The molecule has 0 unspecified atom stereocenters. The molecule has 0 aliphatic carbocycles. The van der Waals surface area contributed by atoms with E-state index in [-0.39, 0.29) is 17.4 Å². The van der Waals surface area contributed by atoms with Crippen molar-refractivity contribution < 1.29 is 24.2 Å². The summed E-state index contributed by atoms with van der Waals surface area (Å²) in [7, 11) is 0. The van der Waals surface area contributed by atoms with Crippen LogP contribution in [-0.4, -0.2) is 65.5 Å². The molecule has 2 heterocycles. The van der Waals surface area contributed by atoms with Gasteiger partial charge in [0.1, 0.15) is 23.4 Å². The van der Waals surface area contributed by atoms with Crippen molar-refractivity contribution in [1.29, 1.82) is 0 Å². The topological polar surface area (TPSA) is 79.3 Å². The number of amides is 1. The number of likely N-dealkylation sites (N-methyl/N-ethyl adjacent to an activating group) is 1. The minimum Gasteiger partial charge on any atom is -0.507 e. The van der Waals surface area contributed by atoms with Crippen LogP contribution in [-0.2, 0) is 16.0 Å². The Kier molecular flexibility index (Phi) is 8.77. The third-order valence-electron chi connectivity index (χ3n) is 7.40. The Labute approximate surface area is 226 Å². The van der Waals surface area contributed by atoms with Crippen LogP contribution >= 0.6 is 0 Å². The molecule has 0 aromatic heterocycles. The van der Waals surface area contributed by atoms with Gasteiger partial charge in [-0.05, 0) is 73.8 Å². The van der Waals surface area contributed by atoms with Gasteiger partial charge in [-0.15, -0.1) is 0 Å². The number of aliphatic hydroxyl groups is 1. The normalized spacial score (nSPS) is 20.3. The van der Waals surface area contributed by atoms with Gasteiger partial charge in [0.25, 0.3) is 11.7 Å². The average Bonchev–Trinajstić information content (AvgIpc) is 3.39. The molecule has 0 saturated carbocycles. The second-order valence-electron chi connectivity index (χ2n) is 10.6. The second-order valence-corrected chi connectivity index (χ2v) is 10.6. The highest BCUT2D eigenvalue weighted by atomic mass is 16.5. The van der Waals surface area contributed by atoms with Gasteiger partial charge in [-0.1, -0.05) is 39.8 Å². The van der Waals surface area contributed by atoms with Crippen molar-refractivity contribution in [1.82, 2.24) is 9.80 Å². The van der Waals surface area contributed by atoms with Gasteiger partial charge in [0.05, 0.1) is 18.2 Å². The van der Waals surface area contributed by atoms with Crippen LogP contribution in [0.3, 0.4) is 0 Å². The summed E-state index contributed by atoms with van der Waals surface area (Å²) in [6.45, 7) is 13.7. The van der Waals surface area contributed by atoms with Crippen molar-refractivity contribution in [2.45, 2.75) is 59.6 Å². The Morgan fingerprint density at radius 3 is 2.63 bits per heavy atom. The first-order chi connectivity index (χ1) is 18.2. The van der Waals surface area contributed by atoms with E-state index in [4.69, 9.17) is 9.47 Å². The fraction of sp³-hybridized carbons (Fsp3) is 0.484. The lowest BCUT2D eigenvalue weighted by Crippen LogP contribution is -2.38. The zero-order chi connectivity index (χ0) is 27.4. The maximum Gasteiger partial charge on any atom is 0.295 e. The minimum atomic E-state index is -0.706. The zero-order valence-electron chi connectivity index (χ0n) is 23.2. The molecule has 1 fully saturated rings. The molecule has 4 rings (SSSR count). The van der Waals surface area contributed by atoms with E-state index in [2.05, 4.69) is 32.6 Å². The molecule has 0 radical (unpaired) electrons. The maximum atomic E-state index is 13.4. The first-order valence-corrected chi connectivity index (χ1v) is 13.8. The van der Waals surface area contributed by atoms with Gasteiger partial charge in [0, 0.05) is 25.1 Å². The predicted octanol–water partition coefficient (Wildman–Crippen LogP) is 5.20. The molecule has 0 bridgehead atoms. The van der Waals surface area contributed by atoms with Crippen molar-refractivity contribution in [2.24, 2.45) is 5.92 Å². The molecular formula is C31H40N2O5. The number of ketones is 1. The van der Waals surface area contributed by atoms with Crippen molar-refractivity contribution in [3.8, 4) is 11.5 Å². The van der Waals surface area contributed by atoms with E-state index in [9.17, 15) is 14.7 Å². The molecule has 2 aliphatic heterocycles. The number of rotatable bonds is 11. The number of aliphatic hydroxyl groups excluding tert-OH is 1. The van der Waals surface area contributed by atoms with Gasteiger partial charge in [0.15, 0.2) is 0 Å². The third-order valence-corrected chi connectivity index (χ3v) is 7.40. The summed E-state index contributed by atoms with van der Waals surface area (Å²) in [6, 6.07) is 12.3. The number of ether oxygens (including phenoxy) is 2. The first-order valence-electron chi connectivity index (χ1n) is 13.8. The van der Waals surface area contributed by atoms with E-state index in [0.29, 0.717) is 36.9 Å². The Bertz CT molecular complexity index is 1200. The second kappa shape index (κ2) is 12.0. The first kappa shape index (κ1) is 27.7. The van der Waals surface area contributed by atoms with E-state index in [1.807, 2.05) is 43.3 Å². The monoisotopic (exact) mass is 520 g/mol. The summed E-state index contributed by atoms with van der Waals surface area (Å²) in [5.41, 5.74) is 2.35. The van der Waals surface area contributed by atoms with Gasteiger partial charge >= 0.3 is 0 Å². The summed E-state index contributed by atoms with van der Waals surface area (Å²) in [6.07, 6.45) is 1.72. The lowest BCUT2D eigenvalue weighted by atomic mass is 9.94. The number of likely N-dealkylation sites (tertiary alicyclic amines) is 1. The van der Waals surface area contributed by atoms with E-state index < -0.39 is 17.7 Å². The lowest BCUT2D eigenvalue weighted by Gasteiger charge is -2.28. The number of nitrogens with zero attached hydrogens (tertiary/aromatic N) is 2. The number of carbonyl (C=O) groups excluding carboxylic acids is 2. The van der Waals surface area contributed by atoms with Crippen molar-refractivity contribution in [3.05, 3.63) is 64.7 Å². The Hall–Kier alpha value is -3.32. The van der Waals surface area contributed by atoms with Crippen LogP contribution in [0.25, 0.3) is 5.76 Å². The highest BCUT2D eigenvalue weighted by Gasteiger charge is 2.46. The number of hydrogen-bond acceptors (Lipinski definition) is 6. The Morgan fingerprint density at radius 2 is 1.92 bits per heavy atom. The molecule has 1 N–H and O–H groups in total. The summed E-state index contributed by atoms with van der Waals surface area (Å²) in [4.78, 5) is 30.6. The third kappa shape index (κ3) is 5.88. The summed E-state index contributed by atoms with van der Waals surface area (Å²) >= 11 is 0. The largest absolute Gasteiger partial charge is 0.507 e. The quantitative estimate of drug-likeness (QED) is 0.249. The smallest absolute Gasteiger partial charge is 0.295 e. The molecule has 2 aliphatic rings. The van der Waals surface area contributed by atoms with Crippen molar-refractivity contribution >= 4 is 17.4 Å². The molecule has 1 saturated heterocycles.